The number of hydrogen-bond donors (Lipinski definition) is 3. The molecular formula is C21H28FN5O2. The number of ether oxygens (including phenoxy) is 1. The number of aliphatic imine (C=N–C) groups is 1. The van der Waals surface area contributed by atoms with Crippen LogP contribution in [0.1, 0.15) is 25.5 Å². The van der Waals surface area contributed by atoms with E-state index in [1.165, 1.54) is 12.1 Å². The molecule has 0 spiro atoms. The SMILES string of the molecule is CCC(CNC(=NC)NCCC(=O)Nc1cccc(C)n1)Oc1cccc(F)c1. The van der Waals surface area contributed by atoms with Crippen molar-refractivity contribution in [2.75, 3.05) is 25.5 Å². The Bertz CT molecular complexity index is 828. The summed E-state index contributed by atoms with van der Waals surface area (Å²) in [4.78, 5) is 20.4. The van der Waals surface area contributed by atoms with Crippen LogP contribution in [-0.2, 0) is 4.79 Å². The van der Waals surface area contributed by atoms with Gasteiger partial charge in [-0.3, -0.25) is 9.79 Å². The number of carbonyl (C=O) groups is 1. The van der Waals surface area contributed by atoms with Gasteiger partial charge in [0.25, 0.3) is 0 Å². The molecule has 0 radical (unpaired) electrons. The molecule has 8 heteroatoms. The number of hydrogen-bond acceptors (Lipinski definition) is 4. The van der Waals surface area contributed by atoms with Crippen molar-refractivity contribution in [1.82, 2.24) is 15.6 Å². The number of anilines is 1. The molecule has 156 valence electrons. The number of benzene rings is 1. The number of carbonyl (C=O) groups excluding carboxylic acids is 1. The lowest BCUT2D eigenvalue weighted by atomic mass is 10.2. The Morgan fingerprint density at radius 3 is 2.72 bits per heavy atom. The largest absolute Gasteiger partial charge is 0.489 e. The van der Waals surface area contributed by atoms with Gasteiger partial charge in [-0.15, -0.1) is 0 Å². The van der Waals surface area contributed by atoms with E-state index in [9.17, 15) is 9.18 Å². The van der Waals surface area contributed by atoms with Crippen LogP contribution in [-0.4, -0.2) is 43.1 Å². The van der Waals surface area contributed by atoms with E-state index in [1.807, 2.05) is 26.0 Å². The van der Waals surface area contributed by atoms with Crippen molar-refractivity contribution in [3.8, 4) is 5.75 Å². The molecule has 2 aromatic rings. The molecule has 3 N–H and O–H groups in total. The highest BCUT2D eigenvalue weighted by Crippen LogP contribution is 2.14. The van der Waals surface area contributed by atoms with E-state index in [1.54, 1.807) is 25.2 Å². The maximum atomic E-state index is 13.3. The van der Waals surface area contributed by atoms with E-state index in [0.29, 0.717) is 30.6 Å². The predicted octanol–water partition coefficient (Wildman–Crippen LogP) is 2.88. The summed E-state index contributed by atoms with van der Waals surface area (Å²) >= 11 is 0. The molecule has 1 aromatic carbocycles. The molecule has 0 saturated heterocycles. The van der Waals surface area contributed by atoms with Crippen molar-refractivity contribution in [3.05, 3.63) is 54.0 Å². The van der Waals surface area contributed by atoms with E-state index in [0.717, 1.165) is 12.1 Å². The highest BCUT2D eigenvalue weighted by atomic mass is 19.1. The second kappa shape index (κ2) is 11.6. The van der Waals surface area contributed by atoms with Gasteiger partial charge in [-0.25, -0.2) is 9.37 Å². The normalized spacial score (nSPS) is 12.2. The van der Waals surface area contributed by atoms with Crippen LogP contribution in [0.25, 0.3) is 0 Å². The Kier molecular flexibility index (Phi) is 8.88. The average molecular weight is 401 g/mol. The van der Waals surface area contributed by atoms with Crippen molar-refractivity contribution < 1.29 is 13.9 Å². The lowest BCUT2D eigenvalue weighted by molar-refractivity contribution is -0.116. The molecule has 0 saturated carbocycles. The molecule has 29 heavy (non-hydrogen) atoms. The van der Waals surface area contributed by atoms with Gasteiger partial charge in [-0.05, 0) is 37.6 Å². The third-order valence-electron chi connectivity index (χ3n) is 4.08. The van der Waals surface area contributed by atoms with Gasteiger partial charge < -0.3 is 20.7 Å². The molecule has 1 amide bonds. The van der Waals surface area contributed by atoms with Gasteiger partial charge in [0.1, 0.15) is 23.5 Å². The zero-order chi connectivity index (χ0) is 21.1. The molecule has 2 rings (SSSR count). The van der Waals surface area contributed by atoms with Crippen LogP contribution in [0.3, 0.4) is 0 Å². The fraction of sp³-hybridized carbons (Fsp3) is 0.381. The third kappa shape index (κ3) is 8.16. The molecule has 1 aromatic heterocycles. The van der Waals surface area contributed by atoms with Crippen LogP contribution >= 0.6 is 0 Å². The maximum absolute atomic E-state index is 13.3. The summed E-state index contributed by atoms with van der Waals surface area (Å²) < 4.78 is 19.1. The first-order valence-electron chi connectivity index (χ1n) is 9.60. The standard InChI is InChI=1S/C21H28FN5O2/c1-4-17(29-18-9-6-8-16(22)13-18)14-25-21(23-3)24-12-11-20(28)27-19-10-5-7-15(2)26-19/h5-10,13,17H,4,11-12,14H2,1-3H3,(H2,23,24,25)(H,26,27,28). The number of aromatic nitrogens is 1. The number of halogens is 1. The van der Waals surface area contributed by atoms with Gasteiger partial charge in [0.2, 0.25) is 5.91 Å². The zero-order valence-corrected chi connectivity index (χ0v) is 17.0. The molecule has 7 nitrogen and oxygen atoms in total. The summed E-state index contributed by atoms with van der Waals surface area (Å²) in [6, 6.07) is 11.5. The van der Waals surface area contributed by atoms with Gasteiger partial charge in [-0.2, -0.15) is 0 Å². The quantitative estimate of drug-likeness (QED) is 0.444. The van der Waals surface area contributed by atoms with Crippen molar-refractivity contribution in [1.29, 1.82) is 0 Å². The van der Waals surface area contributed by atoms with Crippen LogP contribution in [0.15, 0.2) is 47.5 Å². The van der Waals surface area contributed by atoms with Gasteiger partial charge in [0.05, 0.1) is 6.54 Å². The first kappa shape index (κ1) is 22.1. The fourth-order valence-corrected chi connectivity index (χ4v) is 2.55. The summed E-state index contributed by atoms with van der Waals surface area (Å²) in [5.74, 6) is 1.13. The second-order valence-electron chi connectivity index (χ2n) is 6.45. The van der Waals surface area contributed by atoms with Gasteiger partial charge in [0.15, 0.2) is 5.96 Å². The number of nitrogens with zero attached hydrogens (tertiary/aromatic N) is 2. The highest BCUT2D eigenvalue weighted by molar-refractivity contribution is 5.90. The third-order valence-corrected chi connectivity index (χ3v) is 4.08. The minimum atomic E-state index is -0.332. The van der Waals surface area contributed by atoms with Crippen LogP contribution < -0.4 is 20.7 Å². The van der Waals surface area contributed by atoms with E-state index in [-0.39, 0.29) is 24.2 Å². The lowest BCUT2D eigenvalue weighted by Crippen LogP contribution is -2.43. The van der Waals surface area contributed by atoms with Crippen LogP contribution in [0.5, 0.6) is 5.75 Å². The molecule has 1 heterocycles. The first-order chi connectivity index (χ1) is 14.0. The van der Waals surface area contributed by atoms with Crippen molar-refractivity contribution in [2.24, 2.45) is 4.99 Å². The van der Waals surface area contributed by atoms with Gasteiger partial charge in [-0.1, -0.05) is 19.1 Å². The molecule has 0 aliphatic heterocycles. The first-order valence-corrected chi connectivity index (χ1v) is 9.60. The van der Waals surface area contributed by atoms with Crippen molar-refractivity contribution >= 4 is 17.7 Å². The summed E-state index contributed by atoms with van der Waals surface area (Å²) in [5, 5.41) is 9.02. The van der Waals surface area contributed by atoms with Crippen molar-refractivity contribution in [2.45, 2.75) is 32.8 Å². The lowest BCUT2D eigenvalue weighted by Gasteiger charge is -2.20. The van der Waals surface area contributed by atoms with E-state index < -0.39 is 0 Å². The molecule has 1 unspecified atom stereocenters. The Balaban J connectivity index is 1.73. The van der Waals surface area contributed by atoms with Crippen LogP contribution in [0.2, 0.25) is 0 Å². The Labute approximate surface area is 170 Å². The maximum Gasteiger partial charge on any atom is 0.227 e. The van der Waals surface area contributed by atoms with Crippen LogP contribution in [0.4, 0.5) is 10.2 Å². The van der Waals surface area contributed by atoms with E-state index in [2.05, 4.69) is 25.9 Å². The summed E-state index contributed by atoms with van der Waals surface area (Å²) in [6.45, 7) is 4.77. The summed E-state index contributed by atoms with van der Waals surface area (Å²) in [5.41, 5.74) is 0.844. The zero-order valence-electron chi connectivity index (χ0n) is 17.0. The molecule has 0 fully saturated rings. The van der Waals surface area contributed by atoms with Gasteiger partial charge in [0, 0.05) is 31.8 Å². The summed E-state index contributed by atoms with van der Waals surface area (Å²) in [7, 11) is 1.65. The minimum Gasteiger partial charge on any atom is -0.489 e. The highest BCUT2D eigenvalue weighted by Gasteiger charge is 2.10. The molecule has 0 aliphatic carbocycles. The average Bonchev–Trinajstić information content (AvgIpc) is 2.69. The number of guanidine groups is 1. The monoisotopic (exact) mass is 401 g/mol. The number of amides is 1. The molecule has 0 aliphatic rings. The molecular weight excluding hydrogens is 373 g/mol. The Hall–Kier alpha value is -3.16. The van der Waals surface area contributed by atoms with E-state index in [4.69, 9.17) is 4.74 Å². The molecule has 1 atom stereocenters. The van der Waals surface area contributed by atoms with Crippen molar-refractivity contribution in [3.63, 3.8) is 0 Å². The Morgan fingerprint density at radius 2 is 2.03 bits per heavy atom. The van der Waals surface area contributed by atoms with Crippen LogP contribution in [0, 0.1) is 12.7 Å². The smallest absolute Gasteiger partial charge is 0.227 e. The number of aryl methyl sites for hydroxylation is 1. The number of rotatable bonds is 9. The summed E-state index contributed by atoms with van der Waals surface area (Å²) in [6.07, 6.45) is 0.866. The number of pyridine rings is 1. The fourth-order valence-electron chi connectivity index (χ4n) is 2.55. The second-order valence-corrected chi connectivity index (χ2v) is 6.45. The molecule has 0 bridgehead atoms. The predicted molar refractivity (Wildman–Crippen MR) is 113 cm³/mol. The van der Waals surface area contributed by atoms with E-state index >= 15 is 0 Å². The minimum absolute atomic E-state index is 0.132. The topological polar surface area (TPSA) is 87.6 Å². The Morgan fingerprint density at radius 1 is 1.24 bits per heavy atom. The van der Waals surface area contributed by atoms with Gasteiger partial charge >= 0.3 is 0 Å². The number of nitrogens with one attached hydrogen (secondary N) is 3.